The molecule has 6 nitrogen and oxygen atoms in total. The Balaban J connectivity index is 0.00000294. The summed E-state index contributed by atoms with van der Waals surface area (Å²) in [5.41, 5.74) is 6.31. The average Bonchev–Trinajstić information content (AvgIpc) is 3.38. The van der Waals surface area contributed by atoms with Crippen molar-refractivity contribution in [2.45, 2.75) is 115 Å². The van der Waals surface area contributed by atoms with E-state index < -0.39 is 11.1 Å². The second-order valence-electron chi connectivity index (χ2n) is 13.5. The van der Waals surface area contributed by atoms with Crippen molar-refractivity contribution in [2.75, 3.05) is 18.0 Å². The van der Waals surface area contributed by atoms with Crippen molar-refractivity contribution in [1.82, 2.24) is 0 Å². The van der Waals surface area contributed by atoms with Crippen LogP contribution in [-0.2, 0) is 26.7 Å². The molecule has 0 spiro atoms. The summed E-state index contributed by atoms with van der Waals surface area (Å²) in [6.07, 6.45) is 14.8. The van der Waals surface area contributed by atoms with Gasteiger partial charge in [0.15, 0.2) is 16.8 Å². The minimum Gasteiger partial charge on any atom is -0.344 e. The van der Waals surface area contributed by atoms with E-state index in [1.165, 1.54) is 17.0 Å². The van der Waals surface area contributed by atoms with Crippen molar-refractivity contribution in [3.8, 4) is 0 Å². The Labute approximate surface area is 290 Å². The Morgan fingerprint density at radius 2 is 1.70 bits per heavy atom. The van der Waals surface area contributed by atoms with E-state index in [0.717, 1.165) is 66.2 Å². The Morgan fingerprint density at radius 3 is 2.34 bits per heavy atom. The molecule has 0 bridgehead atoms. The first-order valence-corrected chi connectivity index (χ1v) is 18.9. The Kier molecular flexibility index (Phi) is 14.0. The number of Topliss-reactive ketones (excluding diaryl/α,β-unsaturated/α-hetero) is 1. The maximum Gasteiger partial charge on any atom is 0.209 e. The van der Waals surface area contributed by atoms with Crippen LogP contribution in [0.15, 0.2) is 82.3 Å². The molecule has 0 amide bonds. The van der Waals surface area contributed by atoms with Crippen LogP contribution in [0.4, 0.5) is 11.4 Å². The van der Waals surface area contributed by atoms with Gasteiger partial charge in [0.05, 0.1) is 10.3 Å². The molecule has 2 N–H and O–H groups in total. The molecule has 0 saturated heterocycles. The molecular formula is C39H55N2O4S2+. The fraction of sp³-hybridized carbons (Fsp3) is 0.487. The van der Waals surface area contributed by atoms with Gasteiger partial charge < -0.3 is 14.0 Å². The molecule has 4 rings (SSSR count). The Hall–Kier alpha value is -2.78. The molecule has 2 heterocycles. The average molecular weight is 680 g/mol. The van der Waals surface area contributed by atoms with Crippen LogP contribution in [0.2, 0.25) is 0 Å². The molecule has 0 aliphatic carbocycles. The number of carbonyl (C=O) groups excluding carboxylic acids is 1. The zero-order valence-electron chi connectivity index (χ0n) is 29.8. The number of benzene rings is 2. The molecule has 47 heavy (non-hydrogen) atoms. The summed E-state index contributed by atoms with van der Waals surface area (Å²) in [6, 6.07) is 11.7. The zero-order valence-corrected chi connectivity index (χ0v) is 31.4. The van der Waals surface area contributed by atoms with Crippen molar-refractivity contribution >= 4 is 46.0 Å². The number of unbranched alkanes of at least 4 members (excludes halogenated alkanes) is 2. The van der Waals surface area contributed by atoms with Gasteiger partial charge in [-0.2, -0.15) is 4.58 Å². The lowest BCUT2D eigenvalue weighted by Crippen LogP contribution is -2.28. The highest BCUT2D eigenvalue weighted by molar-refractivity contribution is 7.93. The van der Waals surface area contributed by atoms with E-state index in [9.17, 15) is 18.1 Å². The predicted molar refractivity (Wildman–Crippen MR) is 200 cm³/mol. The van der Waals surface area contributed by atoms with E-state index >= 15 is 0 Å². The highest BCUT2D eigenvalue weighted by Gasteiger charge is 2.44. The molecule has 0 aromatic heterocycles. The van der Waals surface area contributed by atoms with Crippen LogP contribution in [0, 0.1) is 5.92 Å². The summed E-state index contributed by atoms with van der Waals surface area (Å²) in [7, 11) is 0. The van der Waals surface area contributed by atoms with Gasteiger partial charge in [0.25, 0.3) is 0 Å². The van der Waals surface area contributed by atoms with Crippen molar-refractivity contribution in [3.05, 3.63) is 83.6 Å². The van der Waals surface area contributed by atoms with E-state index in [0.29, 0.717) is 29.4 Å². The zero-order chi connectivity index (χ0) is 34.9. The molecule has 0 fully saturated rings. The van der Waals surface area contributed by atoms with Gasteiger partial charge in [0.2, 0.25) is 5.69 Å². The Morgan fingerprint density at radius 1 is 0.979 bits per heavy atom. The third kappa shape index (κ3) is 8.83. The number of fused-ring (bicyclic) bond motifs is 2. The van der Waals surface area contributed by atoms with E-state index in [4.69, 9.17) is 0 Å². The summed E-state index contributed by atoms with van der Waals surface area (Å²) < 4.78 is 33.5. The van der Waals surface area contributed by atoms with E-state index in [1.807, 2.05) is 32.0 Å². The molecule has 2 aromatic rings. The lowest BCUT2D eigenvalue weighted by atomic mass is 9.81. The molecule has 8 heteroatoms. The lowest BCUT2D eigenvalue weighted by Gasteiger charge is -2.25. The van der Waals surface area contributed by atoms with Crippen LogP contribution in [0.3, 0.4) is 0 Å². The molecule has 2 aliphatic heterocycles. The van der Waals surface area contributed by atoms with Crippen LogP contribution >= 0.6 is 12.0 Å². The highest BCUT2D eigenvalue weighted by Crippen LogP contribution is 2.48. The van der Waals surface area contributed by atoms with Crippen molar-refractivity contribution in [1.29, 1.82) is 0 Å². The number of ketones is 1. The van der Waals surface area contributed by atoms with Crippen LogP contribution in [0.25, 0.3) is 0 Å². The van der Waals surface area contributed by atoms with Gasteiger partial charge in [0.1, 0.15) is 12.3 Å². The summed E-state index contributed by atoms with van der Waals surface area (Å²) in [5, 5.41) is 0. The fourth-order valence-electron chi connectivity index (χ4n) is 6.74. The van der Waals surface area contributed by atoms with Gasteiger partial charge in [0, 0.05) is 77.3 Å². The monoisotopic (exact) mass is 679 g/mol. The highest BCUT2D eigenvalue weighted by atomic mass is 32.2. The van der Waals surface area contributed by atoms with E-state index in [-0.39, 0.29) is 10.8 Å². The minimum absolute atomic E-state index is 0.240. The number of hydrogen-bond acceptors (Lipinski definition) is 5. The normalized spacial score (nSPS) is 17.9. The molecule has 1 atom stereocenters. The quantitative estimate of drug-likeness (QED) is 0.0680. The van der Waals surface area contributed by atoms with Gasteiger partial charge in [-0.1, -0.05) is 59.8 Å². The SMILES string of the molecule is CC.CCN1\C(=C/C=C/C=C/C2=[N+](CCCCCC(=O)CC(C)C)c3ccc(SO)cc3C2(C)C)C(C)(C)c2cc(S(=O)O)ccc21. The van der Waals surface area contributed by atoms with E-state index in [2.05, 4.69) is 100 Å². The smallest absolute Gasteiger partial charge is 0.209 e. The number of nitrogens with zero attached hydrogens (tertiary/aromatic N) is 2. The van der Waals surface area contributed by atoms with Crippen molar-refractivity contribution < 1.29 is 22.7 Å². The summed E-state index contributed by atoms with van der Waals surface area (Å²) in [4.78, 5) is 15.7. The first kappa shape index (κ1) is 38.7. The maximum absolute atomic E-state index is 12.2. The molecule has 0 saturated carbocycles. The molecule has 256 valence electrons. The molecule has 2 aromatic carbocycles. The predicted octanol–water partition coefficient (Wildman–Crippen LogP) is 10.2. The van der Waals surface area contributed by atoms with Crippen LogP contribution in [0.1, 0.15) is 106 Å². The summed E-state index contributed by atoms with van der Waals surface area (Å²) >= 11 is -1.24. The summed E-state index contributed by atoms with van der Waals surface area (Å²) in [5.74, 6) is 0.776. The van der Waals surface area contributed by atoms with Crippen molar-refractivity contribution in [3.63, 3.8) is 0 Å². The van der Waals surface area contributed by atoms with Gasteiger partial charge in [-0.25, -0.2) is 4.21 Å². The van der Waals surface area contributed by atoms with Gasteiger partial charge in [-0.05, 0) is 81.5 Å². The number of hydrogen-bond donors (Lipinski definition) is 2. The Bertz CT molecular complexity index is 1570. The topological polar surface area (TPSA) is 80.8 Å². The number of allylic oxidation sites excluding steroid dienone is 6. The van der Waals surface area contributed by atoms with Crippen LogP contribution in [-0.4, -0.2) is 42.5 Å². The second kappa shape index (κ2) is 17.0. The van der Waals surface area contributed by atoms with E-state index in [1.54, 1.807) is 6.07 Å². The van der Waals surface area contributed by atoms with Crippen LogP contribution in [0.5, 0.6) is 0 Å². The van der Waals surface area contributed by atoms with Crippen molar-refractivity contribution in [2.24, 2.45) is 5.92 Å². The molecule has 2 aliphatic rings. The first-order valence-electron chi connectivity index (χ1n) is 17.0. The third-order valence-electron chi connectivity index (χ3n) is 9.05. The van der Waals surface area contributed by atoms with Gasteiger partial charge >= 0.3 is 0 Å². The number of rotatable bonds is 14. The fourth-order valence-corrected chi connectivity index (χ4v) is 7.44. The largest absolute Gasteiger partial charge is 0.344 e. The first-order chi connectivity index (χ1) is 22.3. The molecular weight excluding hydrogens is 625 g/mol. The standard InChI is InChI=1S/C37H48N2O4S2.C2H6/c1-8-38-32-21-19-29(45(42)43)25-31(32)37(6,7)34(38)16-12-9-13-17-35-36(4,5)30-24-28(44-41)18-20-33(30)39(35)22-14-10-11-15-27(40)23-26(2)3;1-2/h9,12-13,16-21,24-26H,8,10-11,14-15,22-23H2,1-7H3,(H-,41,42,43);1-2H3/p+1. The molecule has 0 radical (unpaired) electrons. The molecule has 1 unspecified atom stereocenters. The van der Waals surface area contributed by atoms with Gasteiger partial charge in [-0.15, -0.1) is 0 Å². The van der Waals surface area contributed by atoms with Gasteiger partial charge in [-0.3, -0.25) is 4.79 Å². The summed E-state index contributed by atoms with van der Waals surface area (Å²) in [6.45, 7) is 20.8. The van der Waals surface area contributed by atoms with Crippen LogP contribution < -0.4 is 4.90 Å². The second-order valence-corrected chi connectivity index (χ2v) is 15.1. The maximum atomic E-state index is 12.2. The number of carbonyl (C=O) groups is 1. The minimum atomic E-state index is -2.02. The lowest BCUT2D eigenvalue weighted by molar-refractivity contribution is -0.438. The number of likely N-dealkylation sites (N-methyl/N-ethyl adjacent to an activating group) is 1. The third-order valence-corrected chi connectivity index (χ3v) is 10.2. The number of anilines is 1.